The Morgan fingerprint density at radius 2 is 2.38 bits per heavy atom. The SMILES string of the molecule is CC#CCC(=O)c1ncccc1C. The number of hydrogen-bond donors (Lipinski definition) is 0. The van der Waals surface area contributed by atoms with Crippen LogP contribution in [0.2, 0.25) is 0 Å². The molecule has 1 aromatic heterocycles. The first kappa shape index (κ1) is 9.47. The van der Waals surface area contributed by atoms with Gasteiger partial charge >= 0.3 is 0 Å². The zero-order valence-electron chi connectivity index (χ0n) is 7.79. The van der Waals surface area contributed by atoms with Gasteiger partial charge in [-0.2, -0.15) is 0 Å². The van der Waals surface area contributed by atoms with Crippen molar-refractivity contribution in [2.24, 2.45) is 0 Å². The van der Waals surface area contributed by atoms with Gasteiger partial charge in [-0.15, -0.1) is 5.92 Å². The van der Waals surface area contributed by atoms with Crippen LogP contribution in [0.25, 0.3) is 0 Å². The van der Waals surface area contributed by atoms with E-state index in [4.69, 9.17) is 0 Å². The molecule has 0 amide bonds. The lowest BCUT2D eigenvalue weighted by atomic mass is 10.1. The van der Waals surface area contributed by atoms with Crippen molar-refractivity contribution in [1.82, 2.24) is 4.98 Å². The lowest BCUT2D eigenvalue weighted by Crippen LogP contribution is -2.03. The van der Waals surface area contributed by atoms with Gasteiger partial charge in [0.1, 0.15) is 5.69 Å². The number of rotatable bonds is 2. The summed E-state index contributed by atoms with van der Waals surface area (Å²) >= 11 is 0. The minimum absolute atomic E-state index is 0.00699. The zero-order chi connectivity index (χ0) is 9.68. The second-order valence-electron chi connectivity index (χ2n) is 2.70. The molecular formula is C11H11NO. The van der Waals surface area contributed by atoms with Gasteiger partial charge in [0.15, 0.2) is 5.78 Å². The standard InChI is InChI=1S/C11H11NO/c1-3-4-7-10(13)11-9(2)6-5-8-12-11/h5-6,8H,7H2,1-2H3. The molecule has 0 saturated heterocycles. The van der Waals surface area contributed by atoms with Gasteiger partial charge in [-0.3, -0.25) is 9.78 Å². The Morgan fingerprint density at radius 3 is 3.00 bits per heavy atom. The summed E-state index contributed by atoms with van der Waals surface area (Å²) < 4.78 is 0. The van der Waals surface area contributed by atoms with Crippen LogP contribution in [0, 0.1) is 18.8 Å². The van der Waals surface area contributed by atoms with Crippen LogP contribution >= 0.6 is 0 Å². The number of aromatic nitrogens is 1. The Morgan fingerprint density at radius 1 is 1.62 bits per heavy atom. The minimum Gasteiger partial charge on any atom is -0.291 e. The van der Waals surface area contributed by atoms with E-state index < -0.39 is 0 Å². The van der Waals surface area contributed by atoms with Crippen LogP contribution in [0.4, 0.5) is 0 Å². The van der Waals surface area contributed by atoms with Gasteiger partial charge < -0.3 is 0 Å². The molecule has 1 rings (SSSR count). The third-order valence-electron chi connectivity index (χ3n) is 1.70. The minimum atomic E-state index is -0.00699. The molecule has 0 saturated carbocycles. The molecular weight excluding hydrogens is 162 g/mol. The van der Waals surface area contributed by atoms with Crippen LogP contribution < -0.4 is 0 Å². The summed E-state index contributed by atoms with van der Waals surface area (Å²) in [6, 6.07) is 3.69. The van der Waals surface area contributed by atoms with E-state index in [1.165, 1.54) is 0 Å². The molecule has 0 aliphatic rings. The van der Waals surface area contributed by atoms with Crippen LogP contribution in [0.5, 0.6) is 0 Å². The molecule has 0 radical (unpaired) electrons. The second-order valence-corrected chi connectivity index (χ2v) is 2.70. The van der Waals surface area contributed by atoms with Gasteiger partial charge in [-0.1, -0.05) is 12.0 Å². The fourth-order valence-electron chi connectivity index (χ4n) is 1.03. The number of pyridine rings is 1. The molecule has 1 aromatic rings. The summed E-state index contributed by atoms with van der Waals surface area (Å²) in [7, 11) is 0. The Balaban J connectivity index is 2.87. The monoisotopic (exact) mass is 173 g/mol. The number of aryl methyl sites for hydroxylation is 1. The fraction of sp³-hybridized carbons (Fsp3) is 0.273. The molecule has 0 atom stereocenters. The van der Waals surface area contributed by atoms with E-state index in [2.05, 4.69) is 16.8 Å². The highest BCUT2D eigenvalue weighted by atomic mass is 16.1. The molecule has 0 fully saturated rings. The number of nitrogens with zero attached hydrogens (tertiary/aromatic N) is 1. The zero-order valence-corrected chi connectivity index (χ0v) is 7.79. The highest BCUT2D eigenvalue weighted by Gasteiger charge is 2.07. The summed E-state index contributed by atoms with van der Waals surface area (Å²) in [6.07, 6.45) is 1.88. The van der Waals surface area contributed by atoms with Crippen molar-refractivity contribution >= 4 is 5.78 Å². The van der Waals surface area contributed by atoms with Crippen molar-refractivity contribution in [1.29, 1.82) is 0 Å². The van der Waals surface area contributed by atoms with Crippen LogP contribution in [-0.4, -0.2) is 10.8 Å². The molecule has 66 valence electrons. The van der Waals surface area contributed by atoms with Gasteiger partial charge in [-0.05, 0) is 25.5 Å². The largest absolute Gasteiger partial charge is 0.291 e. The van der Waals surface area contributed by atoms with Gasteiger partial charge in [0.2, 0.25) is 0 Å². The smallest absolute Gasteiger partial charge is 0.193 e. The van der Waals surface area contributed by atoms with Gasteiger partial charge in [0.25, 0.3) is 0 Å². The van der Waals surface area contributed by atoms with Crippen molar-refractivity contribution in [3.05, 3.63) is 29.6 Å². The first-order valence-corrected chi connectivity index (χ1v) is 4.10. The highest BCUT2D eigenvalue weighted by molar-refractivity contribution is 5.96. The lowest BCUT2D eigenvalue weighted by molar-refractivity contribution is 0.0993. The molecule has 0 aliphatic heterocycles. The Bertz CT molecular complexity index is 371. The Labute approximate surface area is 78.0 Å². The molecule has 1 heterocycles. The second kappa shape index (κ2) is 4.42. The summed E-state index contributed by atoms with van der Waals surface area (Å²) in [6.45, 7) is 3.60. The van der Waals surface area contributed by atoms with Crippen LogP contribution in [0.3, 0.4) is 0 Å². The predicted molar refractivity (Wildman–Crippen MR) is 51.4 cm³/mol. The molecule has 0 N–H and O–H groups in total. The van der Waals surface area contributed by atoms with Crippen molar-refractivity contribution in [2.45, 2.75) is 20.3 Å². The van der Waals surface area contributed by atoms with E-state index in [1.807, 2.05) is 19.1 Å². The van der Waals surface area contributed by atoms with Gasteiger partial charge in [-0.25, -0.2) is 0 Å². The quantitative estimate of drug-likeness (QED) is 0.505. The van der Waals surface area contributed by atoms with Crippen LogP contribution in [-0.2, 0) is 0 Å². The van der Waals surface area contributed by atoms with Crippen LogP contribution in [0.15, 0.2) is 18.3 Å². The third-order valence-corrected chi connectivity index (χ3v) is 1.70. The number of carbonyl (C=O) groups excluding carboxylic acids is 1. The van der Waals surface area contributed by atoms with Crippen molar-refractivity contribution in [3.63, 3.8) is 0 Å². The summed E-state index contributed by atoms with van der Waals surface area (Å²) in [4.78, 5) is 15.5. The molecule has 0 spiro atoms. The average molecular weight is 173 g/mol. The van der Waals surface area contributed by atoms with E-state index in [1.54, 1.807) is 13.1 Å². The summed E-state index contributed by atoms with van der Waals surface area (Å²) in [5, 5.41) is 0. The van der Waals surface area contributed by atoms with E-state index >= 15 is 0 Å². The van der Waals surface area contributed by atoms with Crippen LogP contribution in [0.1, 0.15) is 29.4 Å². The van der Waals surface area contributed by atoms with E-state index in [-0.39, 0.29) is 12.2 Å². The predicted octanol–water partition coefficient (Wildman–Crippen LogP) is 1.99. The van der Waals surface area contributed by atoms with Gasteiger partial charge in [0.05, 0.1) is 6.42 Å². The first-order valence-electron chi connectivity index (χ1n) is 4.10. The van der Waals surface area contributed by atoms with Gasteiger partial charge in [0, 0.05) is 6.20 Å². The molecule has 13 heavy (non-hydrogen) atoms. The van der Waals surface area contributed by atoms with E-state index in [0.29, 0.717) is 5.69 Å². The maximum Gasteiger partial charge on any atom is 0.193 e. The van der Waals surface area contributed by atoms with Crippen molar-refractivity contribution < 1.29 is 4.79 Å². The molecule has 2 heteroatoms. The van der Waals surface area contributed by atoms with E-state index in [9.17, 15) is 4.79 Å². The molecule has 0 bridgehead atoms. The molecule has 2 nitrogen and oxygen atoms in total. The molecule has 0 unspecified atom stereocenters. The number of hydrogen-bond acceptors (Lipinski definition) is 2. The first-order chi connectivity index (χ1) is 6.25. The topological polar surface area (TPSA) is 30.0 Å². The van der Waals surface area contributed by atoms with Crippen molar-refractivity contribution in [2.75, 3.05) is 0 Å². The van der Waals surface area contributed by atoms with E-state index in [0.717, 1.165) is 5.56 Å². The lowest BCUT2D eigenvalue weighted by Gasteiger charge is -1.99. The maximum atomic E-state index is 11.5. The summed E-state index contributed by atoms with van der Waals surface area (Å²) in [5.74, 6) is 5.42. The fourth-order valence-corrected chi connectivity index (χ4v) is 1.03. The summed E-state index contributed by atoms with van der Waals surface area (Å²) in [5.41, 5.74) is 1.44. The average Bonchev–Trinajstić information content (AvgIpc) is 2.15. The van der Waals surface area contributed by atoms with Crippen molar-refractivity contribution in [3.8, 4) is 11.8 Å². The number of Topliss-reactive ketones (excluding diaryl/α,β-unsaturated/α-hetero) is 1. The normalized spacial score (nSPS) is 8.77. The molecule has 0 aliphatic carbocycles. The number of ketones is 1. The maximum absolute atomic E-state index is 11.5. The molecule has 0 aromatic carbocycles. The Hall–Kier alpha value is -1.62. The highest BCUT2D eigenvalue weighted by Crippen LogP contribution is 2.05. The number of carbonyl (C=O) groups is 1. The Kier molecular flexibility index (Phi) is 3.22. The third kappa shape index (κ3) is 2.41.